The van der Waals surface area contributed by atoms with E-state index >= 15 is 0 Å². The molecule has 0 unspecified atom stereocenters. The summed E-state index contributed by atoms with van der Waals surface area (Å²) >= 11 is 0. The lowest BCUT2D eigenvalue weighted by Crippen LogP contribution is -2.25. The van der Waals surface area contributed by atoms with Gasteiger partial charge in [0, 0.05) is 5.56 Å². The number of hydrogen-bond donors (Lipinski definition) is 2. The Morgan fingerprint density at radius 1 is 1.33 bits per heavy atom. The van der Waals surface area contributed by atoms with Crippen molar-refractivity contribution in [2.45, 2.75) is 26.0 Å². The smallest absolute Gasteiger partial charge is 0.133 e. The second-order valence-electron chi connectivity index (χ2n) is 3.36. The van der Waals surface area contributed by atoms with Crippen LogP contribution >= 0.6 is 12.4 Å². The zero-order valence-corrected chi connectivity index (χ0v) is 9.31. The number of aliphatic hydroxyl groups is 1. The summed E-state index contributed by atoms with van der Waals surface area (Å²) in [6.07, 6.45) is -0.985. The number of aliphatic hydroxyl groups excluding tert-OH is 1. The number of aryl methyl sites for hydroxylation is 1. The third-order valence-corrected chi connectivity index (χ3v) is 2.17. The summed E-state index contributed by atoms with van der Waals surface area (Å²) < 4.78 is 26.7. The lowest BCUT2D eigenvalue weighted by atomic mass is 10.00. The van der Waals surface area contributed by atoms with Crippen LogP contribution in [0.1, 0.15) is 24.1 Å². The lowest BCUT2D eigenvalue weighted by Gasteiger charge is -2.17. The Morgan fingerprint density at radius 3 is 2.33 bits per heavy atom. The van der Waals surface area contributed by atoms with Gasteiger partial charge in [-0.05, 0) is 25.5 Å². The summed E-state index contributed by atoms with van der Waals surface area (Å²) in [6, 6.07) is 1.45. The quantitative estimate of drug-likeness (QED) is 0.827. The van der Waals surface area contributed by atoms with Crippen molar-refractivity contribution in [2.75, 3.05) is 0 Å². The van der Waals surface area contributed by atoms with Gasteiger partial charge >= 0.3 is 0 Å². The van der Waals surface area contributed by atoms with Crippen LogP contribution in [0.2, 0.25) is 0 Å². The van der Waals surface area contributed by atoms with Gasteiger partial charge in [-0.25, -0.2) is 8.78 Å². The first-order chi connectivity index (χ1) is 6.45. The Balaban J connectivity index is 0.00000196. The number of benzene rings is 1. The van der Waals surface area contributed by atoms with Gasteiger partial charge in [0.1, 0.15) is 11.6 Å². The van der Waals surface area contributed by atoms with E-state index in [4.69, 9.17) is 10.8 Å². The Hall–Kier alpha value is -0.710. The van der Waals surface area contributed by atoms with Crippen LogP contribution in [-0.2, 0) is 0 Å². The van der Waals surface area contributed by atoms with E-state index < -0.39 is 23.8 Å². The molecule has 15 heavy (non-hydrogen) atoms. The van der Waals surface area contributed by atoms with Crippen molar-refractivity contribution < 1.29 is 13.9 Å². The summed E-state index contributed by atoms with van der Waals surface area (Å²) in [5.74, 6) is -1.40. The van der Waals surface area contributed by atoms with E-state index in [9.17, 15) is 8.78 Å². The number of nitrogens with two attached hydrogens (primary N) is 1. The van der Waals surface area contributed by atoms with Gasteiger partial charge in [-0.1, -0.05) is 6.07 Å². The molecule has 1 rings (SSSR count). The molecule has 0 aromatic heterocycles. The highest BCUT2D eigenvalue weighted by molar-refractivity contribution is 5.85. The molecule has 3 N–H and O–H groups in total. The molecule has 0 bridgehead atoms. The van der Waals surface area contributed by atoms with Crippen LogP contribution in [0.15, 0.2) is 12.1 Å². The highest BCUT2D eigenvalue weighted by Gasteiger charge is 2.21. The zero-order valence-electron chi connectivity index (χ0n) is 8.50. The van der Waals surface area contributed by atoms with Crippen LogP contribution in [0.25, 0.3) is 0 Å². The van der Waals surface area contributed by atoms with Crippen molar-refractivity contribution in [3.8, 4) is 0 Å². The molecule has 0 spiro atoms. The Bertz CT molecular complexity index is 344. The summed E-state index contributed by atoms with van der Waals surface area (Å²) in [5.41, 5.74) is 5.55. The SMILES string of the molecule is Cc1ccc(F)c([C@H](N)[C@@H](C)O)c1F.Cl. The minimum atomic E-state index is -1.03. The normalized spacial score (nSPS) is 14.3. The average molecular weight is 238 g/mol. The summed E-state index contributed by atoms with van der Waals surface area (Å²) in [4.78, 5) is 0. The zero-order chi connectivity index (χ0) is 10.9. The van der Waals surface area contributed by atoms with Crippen molar-refractivity contribution in [3.05, 3.63) is 34.9 Å². The first-order valence-corrected chi connectivity index (χ1v) is 4.33. The number of rotatable bonds is 2. The van der Waals surface area contributed by atoms with E-state index in [-0.39, 0.29) is 18.0 Å². The molecule has 0 aliphatic carbocycles. The molecule has 2 nitrogen and oxygen atoms in total. The van der Waals surface area contributed by atoms with Gasteiger partial charge < -0.3 is 10.8 Å². The molecule has 1 aromatic rings. The summed E-state index contributed by atoms with van der Waals surface area (Å²) in [5, 5.41) is 9.16. The Labute approximate surface area is 93.5 Å². The van der Waals surface area contributed by atoms with Crippen molar-refractivity contribution in [1.82, 2.24) is 0 Å². The summed E-state index contributed by atoms with van der Waals surface area (Å²) in [7, 11) is 0. The first kappa shape index (κ1) is 14.3. The second-order valence-corrected chi connectivity index (χ2v) is 3.36. The molecule has 0 aliphatic rings. The first-order valence-electron chi connectivity index (χ1n) is 4.33. The van der Waals surface area contributed by atoms with E-state index in [2.05, 4.69) is 0 Å². The van der Waals surface area contributed by atoms with Gasteiger partial charge in [-0.3, -0.25) is 0 Å². The van der Waals surface area contributed by atoms with E-state index in [0.29, 0.717) is 5.56 Å². The van der Waals surface area contributed by atoms with Gasteiger partial charge in [0.2, 0.25) is 0 Å². The maximum absolute atomic E-state index is 13.4. The van der Waals surface area contributed by atoms with Crippen LogP contribution in [0, 0.1) is 18.6 Å². The third kappa shape index (κ3) is 2.87. The largest absolute Gasteiger partial charge is 0.391 e. The lowest BCUT2D eigenvalue weighted by molar-refractivity contribution is 0.160. The molecule has 86 valence electrons. The van der Waals surface area contributed by atoms with Crippen LogP contribution < -0.4 is 5.73 Å². The van der Waals surface area contributed by atoms with E-state index in [1.165, 1.54) is 19.9 Å². The van der Waals surface area contributed by atoms with Gasteiger partial charge in [0.25, 0.3) is 0 Å². The second kappa shape index (κ2) is 5.39. The highest BCUT2D eigenvalue weighted by Crippen LogP contribution is 2.23. The minimum absolute atomic E-state index is 0. The van der Waals surface area contributed by atoms with Gasteiger partial charge in [-0.15, -0.1) is 12.4 Å². The van der Waals surface area contributed by atoms with Crippen LogP contribution in [0.4, 0.5) is 8.78 Å². The van der Waals surface area contributed by atoms with Gasteiger partial charge in [0.15, 0.2) is 0 Å². The van der Waals surface area contributed by atoms with E-state index in [1.54, 1.807) is 0 Å². The predicted octanol–water partition coefficient (Wildman–Crippen LogP) is 2.08. The molecule has 5 heteroatoms. The Kier molecular flexibility index (Phi) is 5.14. The Morgan fingerprint density at radius 2 is 1.87 bits per heavy atom. The monoisotopic (exact) mass is 237 g/mol. The third-order valence-electron chi connectivity index (χ3n) is 2.17. The minimum Gasteiger partial charge on any atom is -0.391 e. The van der Waals surface area contributed by atoms with Crippen LogP contribution in [0.5, 0.6) is 0 Å². The molecule has 1 aromatic carbocycles. The van der Waals surface area contributed by atoms with Crippen LogP contribution in [0.3, 0.4) is 0 Å². The number of hydrogen-bond acceptors (Lipinski definition) is 2. The molecule has 0 aliphatic heterocycles. The molecule has 0 saturated carbocycles. The predicted molar refractivity (Wildman–Crippen MR) is 57.0 cm³/mol. The molecule has 0 radical (unpaired) electrons. The molecule has 0 heterocycles. The van der Waals surface area contributed by atoms with E-state index in [0.717, 1.165) is 6.07 Å². The van der Waals surface area contributed by atoms with Crippen molar-refractivity contribution in [3.63, 3.8) is 0 Å². The fraction of sp³-hybridized carbons (Fsp3) is 0.400. The van der Waals surface area contributed by atoms with Crippen LogP contribution in [-0.4, -0.2) is 11.2 Å². The van der Waals surface area contributed by atoms with Gasteiger partial charge in [0.05, 0.1) is 12.1 Å². The van der Waals surface area contributed by atoms with Crippen molar-refractivity contribution >= 4 is 12.4 Å². The fourth-order valence-electron chi connectivity index (χ4n) is 1.23. The maximum atomic E-state index is 13.4. The van der Waals surface area contributed by atoms with Crippen molar-refractivity contribution in [1.29, 1.82) is 0 Å². The molecule has 0 saturated heterocycles. The number of halogens is 3. The molecule has 0 fully saturated rings. The van der Waals surface area contributed by atoms with Crippen molar-refractivity contribution in [2.24, 2.45) is 5.73 Å². The molecule has 2 atom stereocenters. The maximum Gasteiger partial charge on any atom is 0.133 e. The molecular weight excluding hydrogens is 224 g/mol. The average Bonchev–Trinajstić information content (AvgIpc) is 2.12. The fourth-order valence-corrected chi connectivity index (χ4v) is 1.23. The highest BCUT2D eigenvalue weighted by atomic mass is 35.5. The topological polar surface area (TPSA) is 46.2 Å². The standard InChI is InChI=1S/C10H13F2NO.ClH/c1-5-3-4-7(11)8(9(5)12)10(13)6(2)14;/h3-4,6,10,14H,13H2,1-2H3;1H/t6-,10-;/m1./s1. The van der Waals surface area contributed by atoms with Gasteiger partial charge in [-0.2, -0.15) is 0 Å². The summed E-state index contributed by atoms with van der Waals surface area (Å²) in [6.45, 7) is 2.92. The molecule has 0 amide bonds. The molecular formula is C10H14ClF2NO. The van der Waals surface area contributed by atoms with E-state index in [1.807, 2.05) is 0 Å².